The molecule has 0 aliphatic carbocycles. The average Bonchev–Trinajstić information content (AvgIpc) is 2.83. The first-order valence-corrected chi connectivity index (χ1v) is 8.10. The van der Waals surface area contributed by atoms with Crippen LogP contribution in [0.15, 0.2) is 35.9 Å². The highest BCUT2D eigenvalue weighted by molar-refractivity contribution is 6.15. The molecule has 5 heteroatoms. The molecule has 124 valence electrons. The summed E-state index contributed by atoms with van der Waals surface area (Å²) in [6, 6.07) is 9.35. The van der Waals surface area contributed by atoms with Crippen molar-refractivity contribution in [3.8, 4) is 0 Å². The molecule has 1 aliphatic heterocycles. The Balaban J connectivity index is 2.16. The molecule has 0 saturated carbocycles. The van der Waals surface area contributed by atoms with Crippen LogP contribution in [-0.2, 0) is 9.59 Å². The maximum atomic E-state index is 12.6. The second-order valence-corrected chi connectivity index (χ2v) is 5.78. The lowest BCUT2D eigenvalue weighted by Crippen LogP contribution is -2.40. The number of benzene rings is 1. The van der Waals surface area contributed by atoms with Crippen LogP contribution in [0.1, 0.15) is 37.7 Å². The van der Waals surface area contributed by atoms with Gasteiger partial charge in [-0.15, -0.1) is 0 Å². The van der Waals surface area contributed by atoms with Crippen LogP contribution in [0.25, 0.3) is 6.08 Å². The zero-order valence-corrected chi connectivity index (χ0v) is 13.3. The van der Waals surface area contributed by atoms with Crippen molar-refractivity contribution in [1.29, 1.82) is 0 Å². The summed E-state index contributed by atoms with van der Waals surface area (Å²) in [7, 11) is 0. The van der Waals surface area contributed by atoms with E-state index in [1.165, 1.54) is 4.90 Å². The van der Waals surface area contributed by atoms with E-state index in [0.29, 0.717) is 31.4 Å². The molecule has 1 fully saturated rings. The zero-order chi connectivity index (χ0) is 16.7. The van der Waals surface area contributed by atoms with Crippen LogP contribution in [0.2, 0.25) is 0 Å². The van der Waals surface area contributed by atoms with Crippen LogP contribution in [-0.4, -0.2) is 41.0 Å². The lowest BCUT2D eigenvalue weighted by molar-refractivity contribution is -0.140. The summed E-state index contributed by atoms with van der Waals surface area (Å²) >= 11 is 0. The van der Waals surface area contributed by atoms with Gasteiger partial charge < -0.3 is 10.8 Å². The number of aliphatic hydroxyl groups is 1. The third-order valence-corrected chi connectivity index (χ3v) is 4.05. The van der Waals surface area contributed by atoms with Crippen molar-refractivity contribution in [2.75, 3.05) is 13.2 Å². The van der Waals surface area contributed by atoms with Gasteiger partial charge in [0.15, 0.2) is 0 Å². The van der Waals surface area contributed by atoms with Crippen molar-refractivity contribution in [1.82, 2.24) is 4.90 Å². The van der Waals surface area contributed by atoms with Gasteiger partial charge in [0.1, 0.15) is 0 Å². The number of imide groups is 1. The minimum Gasteiger partial charge on any atom is -0.396 e. The summed E-state index contributed by atoms with van der Waals surface area (Å²) in [5.74, 6) is -0.365. The molecule has 1 unspecified atom stereocenters. The zero-order valence-electron chi connectivity index (χ0n) is 13.3. The topological polar surface area (TPSA) is 83.6 Å². The fraction of sp³-hybridized carbons (Fsp3) is 0.444. The maximum Gasteiger partial charge on any atom is 0.257 e. The fourth-order valence-electron chi connectivity index (χ4n) is 2.91. The van der Waals surface area contributed by atoms with Gasteiger partial charge in [-0.3, -0.25) is 14.5 Å². The summed E-state index contributed by atoms with van der Waals surface area (Å²) in [4.78, 5) is 26.3. The first-order valence-electron chi connectivity index (χ1n) is 8.10. The first-order chi connectivity index (χ1) is 11.2. The fourth-order valence-corrected chi connectivity index (χ4v) is 2.91. The molecule has 1 aromatic carbocycles. The van der Waals surface area contributed by atoms with E-state index in [-0.39, 0.29) is 30.9 Å². The number of hydrogen-bond donors (Lipinski definition) is 2. The molecule has 0 radical (unpaired) electrons. The molecule has 0 bridgehead atoms. The van der Waals surface area contributed by atoms with E-state index in [2.05, 4.69) is 0 Å². The van der Waals surface area contributed by atoms with Gasteiger partial charge >= 0.3 is 0 Å². The monoisotopic (exact) mass is 316 g/mol. The van der Waals surface area contributed by atoms with Crippen LogP contribution < -0.4 is 5.73 Å². The Morgan fingerprint density at radius 3 is 2.52 bits per heavy atom. The molecule has 2 amide bonds. The predicted molar refractivity (Wildman–Crippen MR) is 89.3 cm³/mol. The quantitative estimate of drug-likeness (QED) is 0.565. The van der Waals surface area contributed by atoms with Crippen molar-refractivity contribution in [3.63, 3.8) is 0 Å². The Labute approximate surface area is 136 Å². The number of amides is 2. The highest BCUT2D eigenvalue weighted by Crippen LogP contribution is 2.27. The molecular formula is C18H24N2O3. The Hall–Kier alpha value is -1.98. The lowest BCUT2D eigenvalue weighted by atomic mass is 10.0. The van der Waals surface area contributed by atoms with E-state index >= 15 is 0 Å². The summed E-state index contributed by atoms with van der Waals surface area (Å²) in [5.41, 5.74) is 7.00. The largest absolute Gasteiger partial charge is 0.396 e. The lowest BCUT2D eigenvalue weighted by Gasteiger charge is -2.25. The highest BCUT2D eigenvalue weighted by Gasteiger charge is 2.37. The number of carbonyl (C=O) groups excluding carboxylic acids is 2. The smallest absolute Gasteiger partial charge is 0.257 e. The van der Waals surface area contributed by atoms with Gasteiger partial charge in [0.25, 0.3) is 5.91 Å². The third-order valence-electron chi connectivity index (χ3n) is 4.05. The van der Waals surface area contributed by atoms with E-state index in [1.807, 2.05) is 30.3 Å². The number of nitrogens with zero attached hydrogens (tertiary/aromatic N) is 1. The van der Waals surface area contributed by atoms with Gasteiger partial charge in [0.2, 0.25) is 5.91 Å². The highest BCUT2D eigenvalue weighted by atomic mass is 16.3. The summed E-state index contributed by atoms with van der Waals surface area (Å²) in [6.07, 6.45) is 4.56. The van der Waals surface area contributed by atoms with E-state index < -0.39 is 0 Å². The standard InChI is InChI=1S/C18H24N2O3/c19-10-4-8-16(9-5-11-21)20-17(22)13-15(18(20)23)12-14-6-2-1-3-7-14/h1-3,6-7,12,16,21H,4-5,8-11,13,19H2/b15-12+. The molecule has 0 spiro atoms. The normalized spacial score (nSPS) is 18.0. The Kier molecular flexibility index (Phi) is 6.50. The van der Waals surface area contributed by atoms with E-state index in [9.17, 15) is 9.59 Å². The van der Waals surface area contributed by atoms with Crippen LogP contribution in [0.3, 0.4) is 0 Å². The molecule has 1 saturated heterocycles. The Morgan fingerprint density at radius 1 is 1.17 bits per heavy atom. The van der Waals surface area contributed by atoms with Gasteiger partial charge in [-0.2, -0.15) is 0 Å². The molecule has 1 aromatic rings. The molecule has 5 nitrogen and oxygen atoms in total. The molecule has 3 N–H and O–H groups in total. The summed E-state index contributed by atoms with van der Waals surface area (Å²) in [6.45, 7) is 0.584. The third kappa shape index (κ3) is 4.50. The van der Waals surface area contributed by atoms with Gasteiger partial charge in [-0.05, 0) is 43.9 Å². The minimum atomic E-state index is -0.209. The van der Waals surface area contributed by atoms with Crippen LogP contribution >= 0.6 is 0 Å². The van der Waals surface area contributed by atoms with Crippen LogP contribution in [0.5, 0.6) is 0 Å². The number of nitrogens with two attached hydrogens (primary N) is 1. The summed E-state index contributed by atoms with van der Waals surface area (Å²) in [5, 5.41) is 9.04. The van der Waals surface area contributed by atoms with E-state index in [4.69, 9.17) is 10.8 Å². The Bertz CT molecular complexity index is 561. The SMILES string of the molecule is NCCCC(CCCO)N1C(=O)C/C(=C\c2ccccc2)C1=O. The molecule has 1 aliphatic rings. The number of rotatable bonds is 8. The Morgan fingerprint density at radius 2 is 1.87 bits per heavy atom. The number of aliphatic hydroxyl groups excluding tert-OH is 1. The van der Waals surface area contributed by atoms with E-state index in [1.54, 1.807) is 6.08 Å². The van der Waals surface area contributed by atoms with Gasteiger partial charge in [-0.25, -0.2) is 0 Å². The second-order valence-electron chi connectivity index (χ2n) is 5.78. The predicted octanol–water partition coefficient (Wildman–Crippen LogP) is 1.71. The maximum absolute atomic E-state index is 12.6. The van der Waals surface area contributed by atoms with Crippen molar-refractivity contribution in [3.05, 3.63) is 41.5 Å². The average molecular weight is 316 g/mol. The number of hydrogen-bond acceptors (Lipinski definition) is 4. The van der Waals surface area contributed by atoms with E-state index in [0.717, 1.165) is 12.0 Å². The molecule has 0 aromatic heterocycles. The summed E-state index contributed by atoms with van der Waals surface area (Å²) < 4.78 is 0. The van der Waals surface area contributed by atoms with Crippen LogP contribution in [0, 0.1) is 0 Å². The second kappa shape index (κ2) is 8.60. The van der Waals surface area contributed by atoms with Crippen molar-refractivity contribution in [2.45, 2.75) is 38.1 Å². The molecular weight excluding hydrogens is 292 g/mol. The van der Waals surface area contributed by atoms with Crippen LogP contribution in [0.4, 0.5) is 0 Å². The number of likely N-dealkylation sites (tertiary alicyclic amines) is 1. The molecule has 1 heterocycles. The van der Waals surface area contributed by atoms with Crippen molar-refractivity contribution >= 4 is 17.9 Å². The van der Waals surface area contributed by atoms with Gasteiger partial charge in [0.05, 0.1) is 6.42 Å². The molecule has 23 heavy (non-hydrogen) atoms. The first kappa shape index (κ1) is 17.4. The van der Waals surface area contributed by atoms with Crippen molar-refractivity contribution < 1.29 is 14.7 Å². The molecule has 2 rings (SSSR count). The van der Waals surface area contributed by atoms with Gasteiger partial charge in [0, 0.05) is 18.2 Å². The van der Waals surface area contributed by atoms with Gasteiger partial charge in [-0.1, -0.05) is 30.3 Å². The molecule has 1 atom stereocenters. The number of carbonyl (C=O) groups is 2. The minimum absolute atomic E-state index is 0.0576. The van der Waals surface area contributed by atoms with Crippen molar-refractivity contribution in [2.24, 2.45) is 5.73 Å².